The fourth-order valence-electron chi connectivity index (χ4n) is 3.23. The van der Waals surface area contributed by atoms with Crippen LogP contribution in [0.15, 0.2) is 36.4 Å². The molecule has 2 heterocycles. The minimum Gasteiger partial charge on any atom is -0.486 e. The molecule has 1 fully saturated rings. The van der Waals surface area contributed by atoms with Gasteiger partial charge in [0.25, 0.3) is 5.91 Å². The number of carbonyl (C=O) groups is 2. The van der Waals surface area contributed by atoms with Crippen molar-refractivity contribution in [1.29, 1.82) is 0 Å². The zero-order chi connectivity index (χ0) is 19.2. The Bertz CT molecular complexity index is 931. The van der Waals surface area contributed by atoms with Crippen LogP contribution in [0.1, 0.15) is 18.1 Å². The Morgan fingerprint density at radius 1 is 1.19 bits per heavy atom. The van der Waals surface area contributed by atoms with E-state index in [-0.39, 0.29) is 17.1 Å². The van der Waals surface area contributed by atoms with Gasteiger partial charge in [-0.25, -0.2) is 9.18 Å². The van der Waals surface area contributed by atoms with Gasteiger partial charge >= 0.3 is 6.03 Å². The molecule has 2 aliphatic heterocycles. The molecule has 0 spiro atoms. The van der Waals surface area contributed by atoms with Crippen LogP contribution >= 0.6 is 11.6 Å². The number of nitrogens with one attached hydrogen (secondary N) is 1. The van der Waals surface area contributed by atoms with Gasteiger partial charge in [-0.3, -0.25) is 9.69 Å². The van der Waals surface area contributed by atoms with Gasteiger partial charge in [0.05, 0.1) is 6.54 Å². The first kappa shape index (κ1) is 17.6. The summed E-state index contributed by atoms with van der Waals surface area (Å²) < 4.78 is 25.1. The summed E-state index contributed by atoms with van der Waals surface area (Å²) in [7, 11) is 0. The van der Waals surface area contributed by atoms with Crippen molar-refractivity contribution in [3.05, 3.63) is 58.4 Å². The third kappa shape index (κ3) is 2.88. The largest absolute Gasteiger partial charge is 0.486 e. The van der Waals surface area contributed by atoms with E-state index in [0.717, 1.165) is 4.90 Å². The number of amides is 3. The summed E-state index contributed by atoms with van der Waals surface area (Å²) in [4.78, 5) is 26.5. The normalized spacial score (nSPS) is 21.4. The van der Waals surface area contributed by atoms with Crippen molar-refractivity contribution in [1.82, 2.24) is 10.2 Å². The van der Waals surface area contributed by atoms with Gasteiger partial charge in [0.15, 0.2) is 11.5 Å². The van der Waals surface area contributed by atoms with Crippen LogP contribution in [-0.4, -0.2) is 30.1 Å². The van der Waals surface area contributed by atoms with E-state index in [1.807, 2.05) is 0 Å². The molecular weight excluding hydrogens is 375 g/mol. The Kier molecular flexibility index (Phi) is 4.19. The van der Waals surface area contributed by atoms with Gasteiger partial charge in [0, 0.05) is 10.6 Å². The Labute approximate surface area is 159 Å². The average Bonchev–Trinajstić information content (AvgIpc) is 2.88. The van der Waals surface area contributed by atoms with Crippen LogP contribution in [0.4, 0.5) is 9.18 Å². The maximum atomic E-state index is 14.1. The maximum Gasteiger partial charge on any atom is 0.325 e. The maximum absolute atomic E-state index is 14.1. The fourth-order valence-corrected chi connectivity index (χ4v) is 3.45. The number of hydrogen-bond donors (Lipinski definition) is 1. The van der Waals surface area contributed by atoms with Crippen LogP contribution in [0.3, 0.4) is 0 Å². The molecule has 1 atom stereocenters. The van der Waals surface area contributed by atoms with Gasteiger partial charge < -0.3 is 14.8 Å². The summed E-state index contributed by atoms with van der Waals surface area (Å²) >= 11 is 6.03. The van der Waals surface area contributed by atoms with E-state index in [2.05, 4.69) is 5.32 Å². The number of carbonyl (C=O) groups excluding carboxylic acids is 2. The van der Waals surface area contributed by atoms with Crippen molar-refractivity contribution < 1.29 is 23.5 Å². The van der Waals surface area contributed by atoms with Crippen LogP contribution in [0.25, 0.3) is 0 Å². The van der Waals surface area contributed by atoms with Crippen molar-refractivity contribution in [2.45, 2.75) is 19.0 Å². The summed E-state index contributed by atoms with van der Waals surface area (Å²) in [6, 6.07) is 8.67. The highest BCUT2D eigenvalue weighted by Crippen LogP contribution is 2.37. The van der Waals surface area contributed by atoms with Crippen LogP contribution in [0.5, 0.6) is 11.5 Å². The van der Waals surface area contributed by atoms with E-state index >= 15 is 0 Å². The second-order valence-corrected chi connectivity index (χ2v) is 6.91. The second-order valence-electron chi connectivity index (χ2n) is 6.51. The molecule has 0 aromatic heterocycles. The van der Waals surface area contributed by atoms with E-state index < -0.39 is 23.3 Å². The Balaban J connectivity index is 1.66. The molecule has 6 nitrogen and oxygen atoms in total. The Morgan fingerprint density at radius 2 is 1.93 bits per heavy atom. The average molecular weight is 391 g/mol. The minimum atomic E-state index is -1.30. The highest BCUT2D eigenvalue weighted by atomic mass is 35.5. The first-order valence-electron chi connectivity index (χ1n) is 8.37. The third-order valence-electron chi connectivity index (χ3n) is 4.77. The summed E-state index contributed by atoms with van der Waals surface area (Å²) in [5.74, 6) is 0.0255. The number of urea groups is 1. The SMILES string of the molecule is CC1(c2ccc3c(c2)OCCO3)NC(=O)N(Cc2c(F)cccc2Cl)C1=O. The summed E-state index contributed by atoms with van der Waals surface area (Å²) in [5.41, 5.74) is -0.661. The molecule has 1 unspecified atom stereocenters. The lowest BCUT2D eigenvalue weighted by Gasteiger charge is -2.25. The second kappa shape index (κ2) is 6.42. The monoisotopic (exact) mass is 390 g/mol. The standard InChI is InChI=1S/C19H16ClFN2O4/c1-19(11-5-6-15-16(9-11)27-8-7-26-15)17(24)23(18(25)22-19)10-12-13(20)3-2-4-14(12)21/h2-6,9H,7-8,10H2,1H3,(H,22,25). The molecule has 0 radical (unpaired) electrons. The Morgan fingerprint density at radius 3 is 2.67 bits per heavy atom. The molecular formula is C19H16ClFN2O4. The van der Waals surface area contributed by atoms with Crippen molar-refractivity contribution in [2.75, 3.05) is 13.2 Å². The molecule has 27 heavy (non-hydrogen) atoms. The van der Waals surface area contributed by atoms with Crippen molar-refractivity contribution in [2.24, 2.45) is 0 Å². The van der Waals surface area contributed by atoms with Crippen LogP contribution in [0.2, 0.25) is 5.02 Å². The number of fused-ring (bicyclic) bond motifs is 1. The lowest BCUT2D eigenvalue weighted by atomic mass is 9.91. The van der Waals surface area contributed by atoms with Crippen molar-refractivity contribution in [3.8, 4) is 11.5 Å². The summed E-state index contributed by atoms with van der Waals surface area (Å²) in [6.45, 7) is 2.21. The molecule has 1 N–H and O–H groups in total. The molecule has 2 aromatic carbocycles. The summed E-state index contributed by atoms with van der Waals surface area (Å²) in [5, 5.41) is 2.84. The molecule has 2 aromatic rings. The first-order chi connectivity index (χ1) is 12.9. The number of benzene rings is 2. The Hall–Kier alpha value is -2.80. The molecule has 0 bridgehead atoms. The number of nitrogens with zero attached hydrogens (tertiary/aromatic N) is 1. The molecule has 0 aliphatic carbocycles. The van der Waals surface area contributed by atoms with E-state index in [1.165, 1.54) is 18.2 Å². The fraction of sp³-hybridized carbons (Fsp3) is 0.263. The van der Waals surface area contributed by atoms with Gasteiger partial charge in [-0.2, -0.15) is 0 Å². The number of rotatable bonds is 3. The van der Waals surface area contributed by atoms with Crippen LogP contribution in [0, 0.1) is 5.82 Å². The lowest BCUT2D eigenvalue weighted by Crippen LogP contribution is -2.41. The third-order valence-corrected chi connectivity index (χ3v) is 5.13. The van der Waals surface area contributed by atoms with Crippen molar-refractivity contribution >= 4 is 23.5 Å². The van der Waals surface area contributed by atoms with Gasteiger partial charge in [0.1, 0.15) is 24.6 Å². The first-order valence-corrected chi connectivity index (χ1v) is 8.75. The van der Waals surface area contributed by atoms with E-state index in [0.29, 0.717) is 30.3 Å². The predicted molar refractivity (Wildman–Crippen MR) is 95.3 cm³/mol. The van der Waals surface area contributed by atoms with E-state index in [1.54, 1.807) is 25.1 Å². The quantitative estimate of drug-likeness (QED) is 0.817. The van der Waals surface area contributed by atoms with Crippen molar-refractivity contribution in [3.63, 3.8) is 0 Å². The highest BCUT2D eigenvalue weighted by Gasteiger charge is 2.49. The number of halogens is 2. The molecule has 140 valence electrons. The van der Waals surface area contributed by atoms with E-state index in [4.69, 9.17) is 21.1 Å². The topological polar surface area (TPSA) is 67.9 Å². The van der Waals surface area contributed by atoms with Gasteiger partial charge in [-0.15, -0.1) is 0 Å². The molecule has 8 heteroatoms. The minimum absolute atomic E-state index is 0.0918. The smallest absolute Gasteiger partial charge is 0.325 e. The highest BCUT2D eigenvalue weighted by molar-refractivity contribution is 6.31. The van der Waals surface area contributed by atoms with Crippen LogP contribution < -0.4 is 14.8 Å². The number of ether oxygens (including phenoxy) is 2. The van der Waals surface area contributed by atoms with Gasteiger partial charge in [0.2, 0.25) is 0 Å². The van der Waals surface area contributed by atoms with E-state index in [9.17, 15) is 14.0 Å². The summed E-state index contributed by atoms with van der Waals surface area (Å²) in [6.07, 6.45) is 0. The number of hydrogen-bond acceptors (Lipinski definition) is 4. The predicted octanol–water partition coefficient (Wildman–Crippen LogP) is 3.22. The molecule has 0 saturated carbocycles. The molecule has 1 saturated heterocycles. The molecule has 2 aliphatic rings. The molecule has 3 amide bonds. The zero-order valence-electron chi connectivity index (χ0n) is 14.4. The number of imide groups is 1. The molecule has 4 rings (SSSR count). The lowest BCUT2D eigenvalue weighted by molar-refractivity contribution is -0.131. The van der Waals surface area contributed by atoms with Gasteiger partial charge in [-0.05, 0) is 36.8 Å². The zero-order valence-corrected chi connectivity index (χ0v) is 15.2. The van der Waals surface area contributed by atoms with Gasteiger partial charge in [-0.1, -0.05) is 23.7 Å². The van der Waals surface area contributed by atoms with Crippen LogP contribution in [-0.2, 0) is 16.9 Å².